The molecule has 2 aromatic rings. The van der Waals surface area contributed by atoms with Crippen LogP contribution in [0.4, 0.5) is 34.6 Å². The number of nitrogens with one attached hydrogen (secondary N) is 3. The van der Waals surface area contributed by atoms with Crippen LogP contribution in [-0.4, -0.2) is 31.1 Å². The molecule has 0 bridgehead atoms. The van der Waals surface area contributed by atoms with Crippen molar-refractivity contribution in [3.8, 4) is 0 Å². The number of piperazine rings is 1. The molecule has 9 heteroatoms. The van der Waals surface area contributed by atoms with E-state index in [1.165, 1.54) is 30.5 Å². The molecular weight excluding hydrogens is 412 g/mol. The van der Waals surface area contributed by atoms with E-state index in [2.05, 4.69) is 16.0 Å². The first-order valence-corrected chi connectivity index (χ1v) is 9.92. The first-order chi connectivity index (χ1) is 14.6. The number of anilines is 3. The third kappa shape index (κ3) is 4.23. The van der Waals surface area contributed by atoms with Gasteiger partial charge in [0, 0.05) is 48.3 Å². The van der Waals surface area contributed by atoms with Crippen molar-refractivity contribution < 1.29 is 22.4 Å². The maximum absolute atomic E-state index is 14.2. The molecule has 0 spiro atoms. The Morgan fingerprint density at radius 3 is 2.52 bits per heavy atom. The lowest BCUT2D eigenvalue weighted by atomic mass is 10.1. The molecule has 2 aliphatic heterocycles. The van der Waals surface area contributed by atoms with E-state index >= 15 is 0 Å². The van der Waals surface area contributed by atoms with Gasteiger partial charge in [0.05, 0.1) is 16.8 Å². The van der Waals surface area contributed by atoms with Crippen LogP contribution in [0.2, 0.25) is 0 Å². The van der Waals surface area contributed by atoms with Gasteiger partial charge in [0.1, 0.15) is 5.82 Å². The van der Waals surface area contributed by atoms with Gasteiger partial charge in [-0.05, 0) is 44.2 Å². The zero-order chi connectivity index (χ0) is 22.3. The van der Waals surface area contributed by atoms with Gasteiger partial charge in [-0.25, -0.2) is 4.39 Å². The monoisotopic (exact) mass is 434 g/mol. The van der Waals surface area contributed by atoms with Crippen LogP contribution in [0.25, 0.3) is 5.57 Å². The molecule has 0 radical (unpaired) electrons. The van der Waals surface area contributed by atoms with Crippen molar-refractivity contribution in [1.82, 2.24) is 5.32 Å². The van der Waals surface area contributed by atoms with Crippen LogP contribution in [0, 0.1) is 5.82 Å². The number of alkyl halides is 3. The minimum Gasteiger partial charge on any atom is -0.368 e. The lowest BCUT2D eigenvalue weighted by Crippen LogP contribution is -2.54. The van der Waals surface area contributed by atoms with Crippen LogP contribution in [0.5, 0.6) is 0 Å². The van der Waals surface area contributed by atoms with Gasteiger partial charge in [0.25, 0.3) is 5.91 Å². The summed E-state index contributed by atoms with van der Waals surface area (Å²) in [5.74, 6) is -1.11. The fourth-order valence-electron chi connectivity index (χ4n) is 4.15. The Kier molecular flexibility index (Phi) is 5.38. The summed E-state index contributed by atoms with van der Waals surface area (Å²) in [6.07, 6.45) is -3.32. The Bertz CT molecular complexity index is 1040. The summed E-state index contributed by atoms with van der Waals surface area (Å²) in [6.45, 7) is 4.78. The van der Waals surface area contributed by atoms with Crippen molar-refractivity contribution in [3.63, 3.8) is 0 Å². The first-order valence-electron chi connectivity index (χ1n) is 9.92. The normalized spacial score (nSPS) is 22.5. The Balaban J connectivity index is 1.65. The van der Waals surface area contributed by atoms with E-state index in [0.29, 0.717) is 18.8 Å². The molecule has 164 valence electrons. The molecule has 2 heterocycles. The van der Waals surface area contributed by atoms with E-state index in [1.807, 2.05) is 13.8 Å². The van der Waals surface area contributed by atoms with Crippen molar-refractivity contribution in [3.05, 3.63) is 59.5 Å². The van der Waals surface area contributed by atoms with Crippen molar-refractivity contribution in [1.29, 1.82) is 0 Å². The number of amides is 1. The van der Waals surface area contributed by atoms with E-state index in [1.54, 1.807) is 11.0 Å². The van der Waals surface area contributed by atoms with Crippen LogP contribution in [0.15, 0.2) is 42.6 Å². The van der Waals surface area contributed by atoms with Gasteiger partial charge < -0.3 is 20.9 Å². The number of fused-ring (bicyclic) bond motifs is 1. The average Bonchev–Trinajstić information content (AvgIpc) is 3.01. The molecule has 2 unspecified atom stereocenters. The quantitative estimate of drug-likeness (QED) is 0.494. The Labute approximate surface area is 177 Å². The molecule has 2 atom stereocenters. The van der Waals surface area contributed by atoms with Gasteiger partial charge in [-0.2, -0.15) is 13.2 Å². The number of halogens is 4. The molecule has 2 aliphatic rings. The molecule has 5 nitrogen and oxygen atoms in total. The lowest BCUT2D eigenvalue weighted by Gasteiger charge is -2.38. The van der Waals surface area contributed by atoms with E-state index in [-0.39, 0.29) is 34.6 Å². The molecule has 0 aliphatic carbocycles. The predicted octanol–water partition coefficient (Wildman–Crippen LogP) is 4.44. The number of hydrogen-bond donors (Lipinski definition) is 3. The van der Waals surface area contributed by atoms with E-state index in [0.717, 1.165) is 6.07 Å². The van der Waals surface area contributed by atoms with Crippen LogP contribution in [-0.2, 0) is 11.0 Å². The Morgan fingerprint density at radius 1 is 1.13 bits per heavy atom. The van der Waals surface area contributed by atoms with Gasteiger partial charge in [-0.15, -0.1) is 0 Å². The van der Waals surface area contributed by atoms with Crippen molar-refractivity contribution in [2.24, 2.45) is 0 Å². The second-order valence-corrected chi connectivity index (χ2v) is 7.92. The summed E-state index contributed by atoms with van der Waals surface area (Å²) in [5.41, 5.74) is -0.0591. The third-order valence-electron chi connectivity index (χ3n) is 5.36. The summed E-state index contributed by atoms with van der Waals surface area (Å²) in [6, 6.07) is 8.33. The molecular formula is C22H22F4N4O. The largest absolute Gasteiger partial charge is 0.418 e. The molecule has 3 N–H and O–H groups in total. The fraction of sp³-hybridized carbons (Fsp3) is 0.318. The second kappa shape index (κ2) is 7.88. The minimum atomic E-state index is -4.55. The number of benzene rings is 2. The standard InChI is InChI=1S/C22H22F4N4O/c1-12-10-30(11-13(2)28-12)19-7-6-14(8-16(19)22(24,25)26)27-9-15-20-17(23)4-3-5-18(20)29-21(15)31/h3-9,12-13,27-28H,10-11H2,1-2H3,(H,29,31)/b15-9+. The third-order valence-corrected chi connectivity index (χ3v) is 5.36. The highest BCUT2D eigenvalue weighted by molar-refractivity contribution is 6.31. The first kappa shape index (κ1) is 21.2. The Morgan fingerprint density at radius 2 is 1.84 bits per heavy atom. The van der Waals surface area contributed by atoms with Crippen LogP contribution >= 0.6 is 0 Å². The topological polar surface area (TPSA) is 56.4 Å². The Hall–Kier alpha value is -3.07. The van der Waals surface area contributed by atoms with Crippen LogP contribution in [0.3, 0.4) is 0 Å². The summed E-state index contributed by atoms with van der Waals surface area (Å²) in [7, 11) is 0. The highest BCUT2D eigenvalue weighted by Crippen LogP contribution is 2.39. The number of carbonyl (C=O) groups excluding carboxylic acids is 1. The summed E-state index contributed by atoms with van der Waals surface area (Å²) >= 11 is 0. The molecule has 0 saturated carbocycles. The predicted molar refractivity (Wildman–Crippen MR) is 112 cm³/mol. The molecule has 4 rings (SSSR count). The smallest absolute Gasteiger partial charge is 0.368 e. The molecule has 31 heavy (non-hydrogen) atoms. The molecule has 1 amide bonds. The summed E-state index contributed by atoms with van der Waals surface area (Å²) < 4.78 is 55.7. The maximum atomic E-state index is 14.2. The number of hydrogen-bond acceptors (Lipinski definition) is 4. The van der Waals surface area contributed by atoms with Gasteiger partial charge in [-0.1, -0.05) is 6.07 Å². The van der Waals surface area contributed by atoms with E-state index in [9.17, 15) is 22.4 Å². The maximum Gasteiger partial charge on any atom is 0.418 e. The molecule has 1 fully saturated rings. The van der Waals surface area contributed by atoms with E-state index < -0.39 is 23.5 Å². The molecule has 0 aromatic heterocycles. The highest BCUT2D eigenvalue weighted by atomic mass is 19.4. The minimum absolute atomic E-state index is 0.0236. The SMILES string of the molecule is CC1CN(c2ccc(N/C=C3/C(=O)Nc4cccc(F)c43)cc2C(F)(F)F)CC(C)N1. The number of rotatable bonds is 3. The van der Waals surface area contributed by atoms with Gasteiger partial charge in [0.2, 0.25) is 0 Å². The van der Waals surface area contributed by atoms with Gasteiger partial charge in [-0.3, -0.25) is 4.79 Å². The number of nitrogens with zero attached hydrogens (tertiary/aromatic N) is 1. The lowest BCUT2D eigenvalue weighted by molar-refractivity contribution is -0.137. The summed E-state index contributed by atoms with van der Waals surface area (Å²) in [4.78, 5) is 13.9. The van der Waals surface area contributed by atoms with E-state index in [4.69, 9.17) is 0 Å². The van der Waals surface area contributed by atoms with Crippen molar-refractivity contribution in [2.45, 2.75) is 32.1 Å². The highest BCUT2D eigenvalue weighted by Gasteiger charge is 2.36. The average molecular weight is 434 g/mol. The molecule has 2 aromatic carbocycles. The zero-order valence-corrected chi connectivity index (χ0v) is 17.0. The zero-order valence-electron chi connectivity index (χ0n) is 17.0. The summed E-state index contributed by atoms with van der Waals surface area (Å²) in [5, 5.41) is 8.57. The fourth-order valence-corrected chi connectivity index (χ4v) is 4.15. The van der Waals surface area contributed by atoms with Crippen LogP contribution in [0.1, 0.15) is 25.0 Å². The van der Waals surface area contributed by atoms with Gasteiger partial charge >= 0.3 is 6.18 Å². The molecule has 1 saturated heterocycles. The second-order valence-electron chi connectivity index (χ2n) is 7.92. The van der Waals surface area contributed by atoms with Crippen LogP contribution < -0.4 is 20.9 Å². The van der Waals surface area contributed by atoms with Gasteiger partial charge in [0.15, 0.2) is 0 Å². The van der Waals surface area contributed by atoms with Crippen molar-refractivity contribution in [2.75, 3.05) is 28.6 Å². The number of carbonyl (C=O) groups is 1. The van der Waals surface area contributed by atoms with Crippen molar-refractivity contribution >= 4 is 28.5 Å².